The molecule has 0 aromatic rings. The number of ether oxygens (including phenoxy) is 1. The summed E-state index contributed by atoms with van der Waals surface area (Å²) in [5.41, 5.74) is 5.13. The van der Waals surface area contributed by atoms with Gasteiger partial charge in [-0.15, -0.1) is 0 Å². The summed E-state index contributed by atoms with van der Waals surface area (Å²) >= 11 is 0. The zero-order valence-corrected chi connectivity index (χ0v) is 9.60. The second kappa shape index (κ2) is 4.80. The Morgan fingerprint density at radius 3 is 2.69 bits per heavy atom. The molecule has 6 nitrogen and oxygen atoms in total. The van der Waals surface area contributed by atoms with E-state index in [-0.39, 0.29) is 12.3 Å². The van der Waals surface area contributed by atoms with Gasteiger partial charge in [-0.1, -0.05) is 0 Å². The van der Waals surface area contributed by atoms with Gasteiger partial charge in [0, 0.05) is 6.54 Å². The van der Waals surface area contributed by atoms with Crippen LogP contribution in [0.4, 0.5) is 0 Å². The largest absolute Gasteiger partial charge is 0.481 e. The van der Waals surface area contributed by atoms with E-state index in [9.17, 15) is 9.59 Å². The highest BCUT2D eigenvalue weighted by molar-refractivity contribution is 5.86. The summed E-state index contributed by atoms with van der Waals surface area (Å²) in [6.07, 6.45) is -0.341. The molecule has 1 fully saturated rings. The monoisotopic (exact) mass is 230 g/mol. The van der Waals surface area contributed by atoms with Gasteiger partial charge in [0.1, 0.15) is 0 Å². The highest BCUT2D eigenvalue weighted by Gasteiger charge is 2.36. The van der Waals surface area contributed by atoms with Gasteiger partial charge in [-0.25, -0.2) is 0 Å². The van der Waals surface area contributed by atoms with Gasteiger partial charge in [-0.05, 0) is 13.8 Å². The van der Waals surface area contributed by atoms with Gasteiger partial charge in [-0.3, -0.25) is 9.59 Å². The predicted octanol–water partition coefficient (Wildman–Crippen LogP) is -0.574. The van der Waals surface area contributed by atoms with Crippen molar-refractivity contribution in [3.8, 4) is 0 Å². The predicted molar refractivity (Wildman–Crippen MR) is 56.8 cm³/mol. The van der Waals surface area contributed by atoms with Crippen LogP contribution in [0, 0.1) is 0 Å². The topological polar surface area (TPSA) is 92.9 Å². The van der Waals surface area contributed by atoms with Gasteiger partial charge in [0.05, 0.1) is 31.2 Å². The minimum absolute atomic E-state index is 0.323. The first-order valence-corrected chi connectivity index (χ1v) is 5.21. The van der Waals surface area contributed by atoms with Crippen LogP contribution >= 0.6 is 0 Å². The first-order valence-electron chi connectivity index (χ1n) is 5.21. The lowest BCUT2D eigenvalue weighted by Gasteiger charge is -2.43. The molecule has 0 aromatic carbocycles. The Labute approximate surface area is 94.3 Å². The minimum atomic E-state index is -1.06. The summed E-state index contributed by atoms with van der Waals surface area (Å²) in [6, 6.07) is -0.977. The van der Waals surface area contributed by atoms with E-state index in [1.807, 2.05) is 13.8 Å². The third-order valence-corrected chi connectivity index (χ3v) is 2.62. The van der Waals surface area contributed by atoms with Crippen molar-refractivity contribution in [3.05, 3.63) is 0 Å². The Morgan fingerprint density at radius 2 is 2.19 bits per heavy atom. The van der Waals surface area contributed by atoms with E-state index < -0.39 is 17.6 Å². The Kier molecular flexibility index (Phi) is 3.88. The molecule has 0 aromatic heterocycles. The Balaban J connectivity index is 2.68. The van der Waals surface area contributed by atoms with Crippen LogP contribution in [0.2, 0.25) is 0 Å². The molecule has 0 bridgehead atoms. The molecule has 1 atom stereocenters. The zero-order valence-electron chi connectivity index (χ0n) is 9.60. The fourth-order valence-corrected chi connectivity index (χ4v) is 1.74. The second-order valence-corrected chi connectivity index (χ2v) is 4.56. The average Bonchev–Trinajstić information content (AvgIpc) is 2.15. The molecule has 92 valence electrons. The van der Waals surface area contributed by atoms with Crippen LogP contribution in [0.5, 0.6) is 0 Å². The van der Waals surface area contributed by atoms with E-state index in [4.69, 9.17) is 15.6 Å². The molecule has 0 aliphatic carbocycles. The molecule has 1 aliphatic rings. The summed E-state index contributed by atoms with van der Waals surface area (Å²) < 4.78 is 5.27. The first-order chi connectivity index (χ1) is 7.34. The molecule has 1 amide bonds. The molecule has 0 spiro atoms. The van der Waals surface area contributed by atoms with E-state index in [1.165, 1.54) is 0 Å². The van der Waals surface area contributed by atoms with E-state index in [2.05, 4.69) is 0 Å². The first kappa shape index (κ1) is 12.9. The quantitative estimate of drug-likeness (QED) is 0.677. The lowest BCUT2D eigenvalue weighted by atomic mass is 10.0. The van der Waals surface area contributed by atoms with Crippen LogP contribution in [0.15, 0.2) is 0 Å². The molecule has 3 N–H and O–H groups in total. The van der Waals surface area contributed by atoms with E-state index in [0.29, 0.717) is 19.8 Å². The number of nitrogens with two attached hydrogens (primary N) is 1. The smallest absolute Gasteiger partial charge is 0.305 e. The Morgan fingerprint density at radius 1 is 1.56 bits per heavy atom. The van der Waals surface area contributed by atoms with Gasteiger partial charge >= 0.3 is 5.97 Å². The summed E-state index contributed by atoms with van der Waals surface area (Å²) in [4.78, 5) is 24.0. The number of aliphatic carboxylic acids is 1. The van der Waals surface area contributed by atoms with Crippen LogP contribution in [0.1, 0.15) is 20.3 Å². The molecular formula is C10H18N2O4. The van der Waals surface area contributed by atoms with Gasteiger partial charge in [-0.2, -0.15) is 0 Å². The van der Waals surface area contributed by atoms with Gasteiger partial charge in [0.15, 0.2) is 0 Å². The number of carbonyl (C=O) groups is 2. The molecule has 1 rings (SSSR count). The Hall–Kier alpha value is -1.14. The van der Waals surface area contributed by atoms with Crippen LogP contribution in [0.25, 0.3) is 0 Å². The molecule has 0 saturated carbocycles. The normalized spacial score (nSPS) is 21.6. The number of carbonyl (C=O) groups excluding carboxylic acids is 1. The van der Waals surface area contributed by atoms with Gasteiger partial charge < -0.3 is 20.5 Å². The number of amides is 1. The highest BCUT2D eigenvalue weighted by atomic mass is 16.5. The number of morpholine rings is 1. The van der Waals surface area contributed by atoms with Crippen molar-refractivity contribution in [1.82, 2.24) is 4.90 Å². The lowest BCUT2D eigenvalue weighted by Crippen LogP contribution is -2.59. The van der Waals surface area contributed by atoms with Crippen LogP contribution < -0.4 is 5.73 Å². The van der Waals surface area contributed by atoms with Crippen LogP contribution in [-0.4, -0.2) is 53.2 Å². The van der Waals surface area contributed by atoms with Crippen molar-refractivity contribution >= 4 is 11.9 Å². The third kappa shape index (κ3) is 2.93. The van der Waals surface area contributed by atoms with Crippen molar-refractivity contribution < 1.29 is 19.4 Å². The lowest BCUT2D eigenvalue weighted by molar-refractivity contribution is -0.151. The third-order valence-electron chi connectivity index (χ3n) is 2.62. The standard InChI is InChI=1S/C10H18N2O4/c1-10(2)6-16-4-3-12(10)9(15)7(11)5-8(13)14/h7H,3-6,11H2,1-2H3,(H,13,14). The van der Waals surface area contributed by atoms with E-state index >= 15 is 0 Å². The molecule has 1 heterocycles. The molecular weight excluding hydrogens is 212 g/mol. The highest BCUT2D eigenvalue weighted by Crippen LogP contribution is 2.20. The van der Waals surface area contributed by atoms with Crippen LogP contribution in [-0.2, 0) is 14.3 Å². The maximum atomic E-state index is 11.9. The second-order valence-electron chi connectivity index (χ2n) is 4.56. The fraction of sp³-hybridized carbons (Fsp3) is 0.800. The molecule has 0 radical (unpaired) electrons. The van der Waals surface area contributed by atoms with Crippen molar-refractivity contribution in [2.45, 2.75) is 31.8 Å². The van der Waals surface area contributed by atoms with Crippen molar-refractivity contribution in [3.63, 3.8) is 0 Å². The number of hydrogen-bond acceptors (Lipinski definition) is 4. The molecule has 1 saturated heterocycles. The zero-order chi connectivity index (χ0) is 12.3. The van der Waals surface area contributed by atoms with Gasteiger partial charge in [0.2, 0.25) is 5.91 Å². The number of carboxylic acid groups (broad SMARTS) is 1. The van der Waals surface area contributed by atoms with E-state index in [1.54, 1.807) is 4.90 Å². The fourth-order valence-electron chi connectivity index (χ4n) is 1.74. The number of carboxylic acids is 1. The average molecular weight is 230 g/mol. The molecule has 1 unspecified atom stereocenters. The maximum Gasteiger partial charge on any atom is 0.305 e. The van der Waals surface area contributed by atoms with Crippen molar-refractivity contribution in [2.75, 3.05) is 19.8 Å². The molecule has 1 aliphatic heterocycles. The SMILES string of the molecule is CC1(C)COCCN1C(=O)C(N)CC(=O)O. The number of hydrogen-bond donors (Lipinski definition) is 2. The summed E-state index contributed by atoms with van der Waals surface area (Å²) in [5.74, 6) is -1.39. The maximum absolute atomic E-state index is 11.9. The molecule has 16 heavy (non-hydrogen) atoms. The number of rotatable bonds is 3. The molecule has 6 heteroatoms. The Bertz CT molecular complexity index is 291. The summed E-state index contributed by atoms with van der Waals surface area (Å²) in [5, 5.41) is 8.59. The van der Waals surface area contributed by atoms with Crippen molar-refractivity contribution in [2.24, 2.45) is 5.73 Å². The minimum Gasteiger partial charge on any atom is -0.481 e. The van der Waals surface area contributed by atoms with E-state index in [0.717, 1.165) is 0 Å². The van der Waals surface area contributed by atoms with Crippen molar-refractivity contribution in [1.29, 1.82) is 0 Å². The summed E-state index contributed by atoms with van der Waals surface area (Å²) in [6.45, 7) is 5.11. The number of nitrogens with zero attached hydrogens (tertiary/aromatic N) is 1. The van der Waals surface area contributed by atoms with Gasteiger partial charge in [0.25, 0.3) is 0 Å². The van der Waals surface area contributed by atoms with Crippen LogP contribution in [0.3, 0.4) is 0 Å². The summed E-state index contributed by atoms with van der Waals surface area (Å²) in [7, 11) is 0.